The van der Waals surface area contributed by atoms with Crippen LogP contribution in [-0.4, -0.2) is 40.6 Å². The van der Waals surface area contributed by atoms with Gasteiger partial charge in [-0.1, -0.05) is 24.3 Å². The predicted octanol–water partition coefficient (Wildman–Crippen LogP) is 1.20. The van der Waals surface area contributed by atoms with Crippen LogP contribution in [0.1, 0.15) is 24.0 Å². The van der Waals surface area contributed by atoms with E-state index in [9.17, 15) is 9.59 Å². The van der Waals surface area contributed by atoms with Crippen LogP contribution in [0.2, 0.25) is 0 Å². The summed E-state index contributed by atoms with van der Waals surface area (Å²) in [7, 11) is 0. The van der Waals surface area contributed by atoms with Gasteiger partial charge in [0.05, 0.1) is 0 Å². The van der Waals surface area contributed by atoms with E-state index in [2.05, 4.69) is 6.07 Å². The van der Waals surface area contributed by atoms with Gasteiger partial charge in [0.1, 0.15) is 6.10 Å². The second-order valence-electron chi connectivity index (χ2n) is 5.31. The van der Waals surface area contributed by atoms with Crippen LogP contribution in [0.3, 0.4) is 0 Å². The van der Waals surface area contributed by atoms with E-state index in [0.717, 1.165) is 6.42 Å². The van der Waals surface area contributed by atoms with Crippen LogP contribution >= 0.6 is 0 Å². The molecule has 1 aromatic carbocycles. The summed E-state index contributed by atoms with van der Waals surface area (Å²) in [6.45, 7) is 1.26. The van der Waals surface area contributed by atoms with Crippen LogP contribution in [-0.2, 0) is 27.3 Å². The number of ether oxygens (including phenoxy) is 1. The largest absolute Gasteiger partial charge is 0.479 e. The number of hydrogen-bond donors (Lipinski definition) is 1. The first-order valence-corrected chi connectivity index (χ1v) is 6.89. The second-order valence-corrected chi connectivity index (χ2v) is 5.31. The van der Waals surface area contributed by atoms with Gasteiger partial charge in [-0.2, -0.15) is 0 Å². The highest BCUT2D eigenvalue weighted by Gasteiger charge is 2.37. The van der Waals surface area contributed by atoms with Crippen LogP contribution in [0.4, 0.5) is 0 Å². The normalized spacial score (nSPS) is 25.3. The molecule has 0 bridgehead atoms. The van der Waals surface area contributed by atoms with E-state index in [1.54, 1.807) is 4.90 Å². The Balaban J connectivity index is 1.66. The maximum Gasteiger partial charge on any atom is 0.332 e. The van der Waals surface area contributed by atoms with Gasteiger partial charge in [-0.3, -0.25) is 4.79 Å². The third-order valence-corrected chi connectivity index (χ3v) is 4.01. The molecule has 2 aliphatic heterocycles. The zero-order valence-electron chi connectivity index (χ0n) is 11.1. The Labute approximate surface area is 117 Å². The predicted molar refractivity (Wildman–Crippen MR) is 71.1 cm³/mol. The zero-order valence-corrected chi connectivity index (χ0v) is 11.1. The Morgan fingerprint density at radius 2 is 1.85 bits per heavy atom. The SMILES string of the molecule is O=C(O)C1CCC(C(=O)N2CCc3ccccc3C2)O1. The minimum Gasteiger partial charge on any atom is -0.479 e. The zero-order chi connectivity index (χ0) is 14.1. The molecule has 0 aliphatic carbocycles. The second kappa shape index (κ2) is 5.25. The van der Waals surface area contributed by atoms with E-state index in [-0.39, 0.29) is 5.91 Å². The number of rotatable bonds is 2. The van der Waals surface area contributed by atoms with Crippen molar-refractivity contribution in [2.45, 2.75) is 38.0 Å². The molecule has 1 saturated heterocycles. The average Bonchev–Trinajstić information content (AvgIpc) is 2.96. The maximum absolute atomic E-state index is 12.4. The fourth-order valence-corrected chi connectivity index (χ4v) is 2.89. The van der Waals surface area contributed by atoms with Gasteiger partial charge in [-0.05, 0) is 30.4 Å². The number of carboxylic acid groups (broad SMARTS) is 1. The highest BCUT2D eigenvalue weighted by Crippen LogP contribution is 2.25. The average molecular weight is 275 g/mol. The Bertz CT molecular complexity index is 542. The highest BCUT2D eigenvalue weighted by atomic mass is 16.5. The smallest absolute Gasteiger partial charge is 0.332 e. The van der Waals surface area contributed by atoms with Gasteiger partial charge in [0.25, 0.3) is 5.91 Å². The van der Waals surface area contributed by atoms with Crippen molar-refractivity contribution in [3.8, 4) is 0 Å². The molecule has 20 heavy (non-hydrogen) atoms. The van der Waals surface area contributed by atoms with Gasteiger partial charge < -0.3 is 14.7 Å². The lowest BCUT2D eigenvalue weighted by atomic mass is 9.99. The van der Waals surface area contributed by atoms with Crippen LogP contribution in [0.15, 0.2) is 24.3 Å². The minimum atomic E-state index is -0.982. The van der Waals surface area contributed by atoms with Crippen LogP contribution < -0.4 is 0 Å². The molecular formula is C15H17NO4. The molecule has 2 unspecified atom stereocenters. The van der Waals surface area contributed by atoms with Crippen molar-refractivity contribution in [3.05, 3.63) is 35.4 Å². The first kappa shape index (κ1) is 13.1. The molecule has 1 fully saturated rings. The minimum absolute atomic E-state index is 0.0803. The van der Waals surface area contributed by atoms with Crippen molar-refractivity contribution in [2.75, 3.05) is 6.54 Å². The molecule has 106 valence electrons. The van der Waals surface area contributed by atoms with Gasteiger partial charge in [-0.15, -0.1) is 0 Å². The van der Waals surface area contributed by atoms with Crippen LogP contribution in [0.25, 0.3) is 0 Å². The Hall–Kier alpha value is -1.88. The number of carbonyl (C=O) groups excluding carboxylic acids is 1. The van der Waals surface area contributed by atoms with E-state index >= 15 is 0 Å². The van der Waals surface area contributed by atoms with Gasteiger partial charge in [0, 0.05) is 13.1 Å². The molecule has 5 nitrogen and oxygen atoms in total. The number of nitrogens with zero attached hydrogens (tertiary/aromatic N) is 1. The molecule has 2 heterocycles. The fraction of sp³-hybridized carbons (Fsp3) is 0.467. The van der Waals surface area contributed by atoms with Crippen LogP contribution in [0, 0.1) is 0 Å². The molecule has 1 amide bonds. The number of fused-ring (bicyclic) bond motifs is 1. The topological polar surface area (TPSA) is 66.8 Å². The van der Waals surface area contributed by atoms with E-state index in [1.807, 2.05) is 18.2 Å². The summed E-state index contributed by atoms with van der Waals surface area (Å²) in [5.41, 5.74) is 2.45. The highest BCUT2D eigenvalue weighted by molar-refractivity contribution is 5.83. The van der Waals surface area contributed by atoms with E-state index in [4.69, 9.17) is 9.84 Å². The van der Waals surface area contributed by atoms with Crippen LogP contribution in [0.5, 0.6) is 0 Å². The molecule has 1 aromatic rings. The van der Waals surface area contributed by atoms with Gasteiger partial charge in [-0.25, -0.2) is 4.79 Å². The van der Waals surface area contributed by atoms with Crippen molar-refractivity contribution in [1.29, 1.82) is 0 Å². The quantitative estimate of drug-likeness (QED) is 0.880. The van der Waals surface area contributed by atoms with E-state index in [1.165, 1.54) is 11.1 Å². The Morgan fingerprint density at radius 3 is 2.55 bits per heavy atom. The third kappa shape index (κ3) is 2.41. The summed E-state index contributed by atoms with van der Waals surface area (Å²) in [6.07, 6.45) is 0.323. The maximum atomic E-state index is 12.4. The molecule has 0 saturated carbocycles. The molecular weight excluding hydrogens is 258 g/mol. The molecule has 1 N–H and O–H groups in total. The van der Waals surface area contributed by atoms with Crippen molar-refractivity contribution in [1.82, 2.24) is 4.90 Å². The molecule has 5 heteroatoms. The summed E-state index contributed by atoms with van der Waals surface area (Å²) in [4.78, 5) is 25.0. The number of benzene rings is 1. The fourth-order valence-electron chi connectivity index (χ4n) is 2.89. The van der Waals surface area contributed by atoms with Crippen molar-refractivity contribution < 1.29 is 19.4 Å². The van der Waals surface area contributed by atoms with Gasteiger partial charge in [0.15, 0.2) is 6.10 Å². The van der Waals surface area contributed by atoms with Crippen molar-refractivity contribution >= 4 is 11.9 Å². The molecule has 0 spiro atoms. The molecule has 2 aliphatic rings. The van der Waals surface area contributed by atoms with Gasteiger partial charge in [0.2, 0.25) is 0 Å². The first-order chi connectivity index (χ1) is 9.65. The number of carboxylic acids is 1. The first-order valence-electron chi connectivity index (χ1n) is 6.89. The number of hydrogen-bond acceptors (Lipinski definition) is 3. The standard InChI is InChI=1S/C15H17NO4/c17-14(12-5-6-13(20-12)15(18)19)16-8-7-10-3-1-2-4-11(10)9-16/h1-4,12-13H,5-9H2,(H,18,19). The van der Waals surface area contributed by atoms with Gasteiger partial charge >= 0.3 is 5.97 Å². The summed E-state index contributed by atoms with van der Waals surface area (Å²) >= 11 is 0. The summed E-state index contributed by atoms with van der Waals surface area (Å²) in [5.74, 6) is -1.06. The summed E-state index contributed by atoms with van der Waals surface area (Å²) in [6, 6.07) is 8.10. The molecule has 0 radical (unpaired) electrons. The van der Waals surface area contributed by atoms with Crippen molar-refractivity contribution in [3.63, 3.8) is 0 Å². The number of aliphatic carboxylic acids is 1. The third-order valence-electron chi connectivity index (χ3n) is 4.01. The number of amides is 1. The van der Waals surface area contributed by atoms with E-state index in [0.29, 0.717) is 25.9 Å². The lowest BCUT2D eigenvalue weighted by Gasteiger charge is -2.30. The summed E-state index contributed by atoms with van der Waals surface area (Å²) in [5, 5.41) is 8.90. The van der Waals surface area contributed by atoms with E-state index < -0.39 is 18.2 Å². The molecule has 0 aromatic heterocycles. The number of carbonyl (C=O) groups is 2. The Kier molecular flexibility index (Phi) is 3.44. The molecule has 3 rings (SSSR count). The summed E-state index contributed by atoms with van der Waals surface area (Å²) < 4.78 is 5.34. The molecule has 2 atom stereocenters. The lowest BCUT2D eigenvalue weighted by molar-refractivity contribution is -0.155. The monoisotopic (exact) mass is 275 g/mol. The van der Waals surface area contributed by atoms with Crippen molar-refractivity contribution in [2.24, 2.45) is 0 Å². The Morgan fingerprint density at radius 1 is 1.15 bits per heavy atom. The lowest BCUT2D eigenvalue weighted by Crippen LogP contribution is -2.42.